The largest absolute Gasteiger partial charge is 0.496 e. The van der Waals surface area contributed by atoms with Gasteiger partial charge in [0.25, 0.3) is 5.56 Å². The maximum absolute atomic E-state index is 14.2. The standard InChI is InChI=1S/C33H32N2O6S/c1-6-17-41-24-15-13-21(18-26(24)39-7-2)19-27-31(36)35-30(28(32(37)40-8-3)20(4)34-33(35)42-27)29-23-12-10-9-11-22(23)14-16-25(29)38-5/h6,9-16,18-19,30H,1,7-8,17H2,2-5H3/b27-19-/t30-/m0/s1. The Labute approximate surface area is 247 Å². The van der Waals surface area contributed by atoms with Crippen LogP contribution in [0, 0.1) is 0 Å². The van der Waals surface area contributed by atoms with E-state index in [9.17, 15) is 9.59 Å². The third-order valence-electron chi connectivity index (χ3n) is 6.86. The number of esters is 1. The van der Waals surface area contributed by atoms with Gasteiger partial charge < -0.3 is 18.9 Å². The molecule has 0 aliphatic carbocycles. The van der Waals surface area contributed by atoms with Crippen LogP contribution in [0.15, 0.2) is 88.3 Å². The minimum Gasteiger partial charge on any atom is -0.496 e. The topological polar surface area (TPSA) is 88.4 Å². The van der Waals surface area contributed by atoms with Crippen molar-refractivity contribution in [2.45, 2.75) is 26.8 Å². The lowest BCUT2D eigenvalue weighted by Gasteiger charge is -2.27. The Bertz CT molecular complexity index is 1880. The fourth-order valence-electron chi connectivity index (χ4n) is 5.10. The molecule has 1 aromatic heterocycles. The van der Waals surface area contributed by atoms with Gasteiger partial charge in [-0.15, -0.1) is 0 Å². The Balaban J connectivity index is 1.75. The fraction of sp³-hybridized carbons (Fsp3) is 0.242. The van der Waals surface area contributed by atoms with Gasteiger partial charge in [-0.3, -0.25) is 9.36 Å². The number of carbonyl (C=O) groups excluding carboxylic acids is 1. The molecular formula is C33H32N2O6S. The Morgan fingerprint density at radius 2 is 1.83 bits per heavy atom. The molecule has 216 valence electrons. The van der Waals surface area contributed by atoms with E-state index in [1.54, 1.807) is 37.7 Å². The van der Waals surface area contributed by atoms with Crippen molar-refractivity contribution >= 4 is 34.2 Å². The number of aromatic nitrogens is 1. The van der Waals surface area contributed by atoms with Gasteiger partial charge in [-0.1, -0.05) is 60.4 Å². The molecule has 3 aromatic carbocycles. The van der Waals surface area contributed by atoms with Gasteiger partial charge in [0.1, 0.15) is 18.4 Å². The minimum atomic E-state index is -0.808. The molecule has 9 heteroatoms. The molecule has 0 saturated carbocycles. The summed E-state index contributed by atoms with van der Waals surface area (Å²) in [6.07, 6.45) is 3.46. The number of nitrogens with zero attached hydrogens (tertiary/aromatic N) is 2. The molecule has 42 heavy (non-hydrogen) atoms. The first-order valence-electron chi connectivity index (χ1n) is 13.7. The summed E-state index contributed by atoms with van der Waals surface area (Å²) in [5.41, 5.74) is 1.97. The SMILES string of the molecule is C=CCOc1ccc(/C=c2\sc3n(c2=O)[C@H](c2c(OC)ccc4ccccc24)C(C(=O)OCC)=C(C)N=3)cc1OCC. The van der Waals surface area contributed by atoms with E-state index in [2.05, 4.69) is 6.58 Å². The highest BCUT2D eigenvalue weighted by atomic mass is 32.1. The molecule has 2 heterocycles. The second kappa shape index (κ2) is 12.5. The van der Waals surface area contributed by atoms with Crippen molar-refractivity contribution < 1.29 is 23.7 Å². The van der Waals surface area contributed by atoms with Crippen LogP contribution in [0.1, 0.15) is 37.9 Å². The third kappa shape index (κ3) is 5.35. The molecule has 5 rings (SSSR count). The van der Waals surface area contributed by atoms with Crippen LogP contribution in [0.25, 0.3) is 16.8 Å². The molecule has 4 aromatic rings. The van der Waals surface area contributed by atoms with E-state index in [4.69, 9.17) is 23.9 Å². The fourth-order valence-corrected chi connectivity index (χ4v) is 6.15. The highest BCUT2D eigenvalue weighted by Gasteiger charge is 2.36. The predicted molar refractivity (Wildman–Crippen MR) is 164 cm³/mol. The molecule has 1 aliphatic rings. The average molecular weight is 585 g/mol. The van der Waals surface area contributed by atoms with Crippen molar-refractivity contribution in [2.24, 2.45) is 4.99 Å². The molecule has 0 saturated heterocycles. The number of allylic oxidation sites excluding steroid dienone is 1. The zero-order valence-electron chi connectivity index (χ0n) is 24.0. The second-order valence-corrected chi connectivity index (χ2v) is 10.5. The number of ether oxygens (including phenoxy) is 4. The summed E-state index contributed by atoms with van der Waals surface area (Å²) in [5, 5.41) is 1.82. The van der Waals surface area contributed by atoms with Gasteiger partial charge >= 0.3 is 5.97 Å². The summed E-state index contributed by atoms with van der Waals surface area (Å²) in [5.74, 6) is 1.19. The van der Waals surface area contributed by atoms with Gasteiger partial charge in [-0.2, -0.15) is 0 Å². The lowest BCUT2D eigenvalue weighted by molar-refractivity contribution is -0.139. The summed E-state index contributed by atoms with van der Waals surface area (Å²) in [7, 11) is 1.58. The lowest BCUT2D eigenvalue weighted by atomic mass is 9.90. The molecule has 0 unspecified atom stereocenters. The number of carbonyl (C=O) groups is 1. The van der Waals surface area contributed by atoms with Crippen LogP contribution < -0.4 is 29.1 Å². The highest BCUT2D eigenvalue weighted by molar-refractivity contribution is 7.07. The zero-order chi connectivity index (χ0) is 29.8. The van der Waals surface area contributed by atoms with Gasteiger partial charge in [0.15, 0.2) is 16.3 Å². The summed E-state index contributed by atoms with van der Waals surface area (Å²) >= 11 is 1.26. The molecule has 0 amide bonds. The van der Waals surface area contributed by atoms with Gasteiger partial charge in [0, 0.05) is 5.56 Å². The molecule has 0 N–H and O–H groups in total. The number of methoxy groups -OCH3 is 1. The molecule has 0 radical (unpaired) electrons. The molecule has 0 bridgehead atoms. The summed E-state index contributed by atoms with van der Waals surface area (Å²) in [6, 6.07) is 16.3. The molecule has 0 spiro atoms. The minimum absolute atomic E-state index is 0.189. The Kier molecular flexibility index (Phi) is 8.59. The van der Waals surface area contributed by atoms with Crippen LogP contribution in [-0.4, -0.2) is 37.5 Å². The number of rotatable bonds is 10. The van der Waals surface area contributed by atoms with E-state index in [1.807, 2.05) is 61.5 Å². The molecule has 8 nitrogen and oxygen atoms in total. The molecule has 1 aliphatic heterocycles. The summed E-state index contributed by atoms with van der Waals surface area (Å²) in [6.45, 7) is 10.1. The number of thiazole rings is 1. The van der Waals surface area contributed by atoms with Crippen molar-refractivity contribution in [1.29, 1.82) is 0 Å². The average Bonchev–Trinajstić information content (AvgIpc) is 3.29. The van der Waals surface area contributed by atoms with Crippen molar-refractivity contribution in [3.8, 4) is 17.2 Å². The van der Waals surface area contributed by atoms with E-state index in [1.165, 1.54) is 11.3 Å². The lowest BCUT2D eigenvalue weighted by Crippen LogP contribution is -2.40. The van der Waals surface area contributed by atoms with Crippen LogP contribution in [0.4, 0.5) is 0 Å². The van der Waals surface area contributed by atoms with Crippen LogP contribution in [-0.2, 0) is 9.53 Å². The number of hydrogen-bond donors (Lipinski definition) is 0. The van der Waals surface area contributed by atoms with Gasteiger partial charge in [0.2, 0.25) is 0 Å². The predicted octanol–water partition coefficient (Wildman–Crippen LogP) is 4.92. The van der Waals surface area contributed by atoms with E-state index in [0.29, 0.717) is 56.6 Å². The van der Waals surface area contributed by atoms with E-state index >= 15 is 0 Å². The monoisotopic (exact) mass is 584 g/mol. The van der Waals surface area contributed by atoms with Crippen LogP contribution in [0.2, 0.25) is 0 Å². The Hall–Kier alpha value is -4.63. The number of fused-ring (bicyclic) bond motifs is 2. The summed E-state index contributed by atoms with van der Waals surface area (Å²) < 4.78 is 24.8. The van der Waals surface area contributed by atoms with Gasteiger partial charge in [-0.25, -0.2) is 9.79 Å². The maximum atomic E-state index is 14.2. The first-order valence-corrected chi connectivity index (χ1v) is 14.5. The van der Waals surface area contributed by atoms with Crippen LogP contribution >= 0.6 is 11.3 Å². The first-order chi connectivity index (χ1) is 20.4. The Morgan fingerprint density at radius 3 is 2.57 bits per heavy atom. The second-order valence-electron chi connectivity index (χ2n) is 9.44. The molecular weight excluding hydrogens is 552 g/mol. The van der Waals surface area contributed by atoms with E-state index in [0.717, 1.165) is 16.3 Å². The van der Waals surface area contributed by atoms with Crippen molar-refractivity contribution in [1.82, 2.24) is 4.57 Å². The molecule has 1 atom stereocenters. The van der Waals surface area contributed by atoms with Crippen molar-refractivity contribution in [2.75, 3.05) is 26.9 Å². The van der Waals surface area contributed by atoms with Crippen LogP contribution in [0.3, 0.4) is 0 Å². The normalized spacial score (nSPS) is 14.8. The van der Waals surface area contributed by atoms with Crippen molar-refractivity contribution in [3.05, 3.63) is 109 Å². The van der Waals surface area contributed by atoms with Crippen LogP contribution in [0.5, 0.6) is 17.2 Å². The first kappa shape index (κ1) is 28.9. The highest BCUT2D eigenvalue weighted by Crippen LogP contribution is 2.40. The maximum Gasteiger partial charge on any atom is 0.338 e. The zero-order valence-corrected chi connectivity index (χ0v) is 24.8. The molecule has 0 fully saturated rings. The van der Waals surface area contributed by atoms with Crippen molar-refractivity contribution in [3.63, 3.8) is 0 Å². The quantitative estimate of drug-likeness (QED) is 0.194. The summed E-state index contributed by atoms with van der Waals surface area (Å²) in [4.78, 5) is 32.8. The Morgan fingerprint density at radius 1 is 1.05 bits per heavy atom. The smallest absolute Gasteiger partial charge is 0.338 e. The number of benzene rings is 3. The van der Waals surface area contributed by atoms with Gasteiger partial charge in [-0.05, 0) is 61.4 Å². The van der Waals surface area contributed by atoms with E-state index in [-0.39, 0.29) is 12.2 Å². The number of hydrogen-bond acceptors (Lipinski definition) is 8. The third-order valence-corrected chi connectivity index (χ3v) is 7.85. The van der Waals surface area contributed by atoms with Gasteiger partial charge in [0.05, 0.1) is 36.1 Å². The van der Waals surface area contributed by atoms with E-state index < -0.39 is 12.0 Å².